The van der Waals surface area contributed by atoms with E-state index in [0.717, 1.165) is 63.1 Å². The lowest BCUT2D eigenvalue weighted by Gasteiger charge is -2.36. The minimum absolute atomic E-state index is 0. The number of nitrogens with one attached hydrogen (secondary N) is 1. The van der Waals surface area contributed by atoms with Gasteiger partial charge in [0.25, 0.3) is 0 Å². The molecule has 2 aliphatic rings. The Kier molecular flexibility index (Phi) is 9.55. The van der Waals surface area contributed by atoms with Crippen molar-refractivity contribution in [2.75, 3.05) is 25.1 Å². The first kappa shape index (κ1) is 22.9. The Morgan fingerprint density at radius 1 is 1.23 bits per heavy atom. The van der Waals surface area contributed by atoms with Gasteiger partial charge in [0.2, 0.25) is 5.91 Å². The summed E-state index contributed by atoms with van der Waals surface area (Å²) < 4.78 is 5.32. The van der Waals surface area contributed by atoms with E-state index in [1.54, 1.807) is 7.11 Å². The third-order valence-electron chi connectivity index (χ3n) is 5.27. The number of methoxy groups -OCH3 is 1. The highest BCUT2D eigenvalue weighted by Gasteiger charge is 2.28. The summed E-state index contributed by atoms with van der Waals surface area (Å²) in [5, 5.41) is 3.27. The second kappa shape index (κ2) is 10.9. The van der Waals surface area contributed by atoms with Crippen molar-refractivity contribution in [1.29, 1.82) is 0 Å². The fourth-order valence-corrected chi connectivity index (χ4v) is 3.92. The van der Waals surface area contributed by atoms with Gasteiger partial charge in [-0.15, -0.1) is 24.8 Å². The number of amides is 1. The van der Waals surface area contributed by atoms with Crippen LogP contribution in [0.3, 0.4) is 0 Å². The molecule has 148 valence electrons. The number of carbonyl (C=O) groups is 1. The maximum Gasteiger partial charge on any atom is 0.223 e. The highest BCUT2D eigenvalue weighted by molar-refractivity contribution is 5.85. The molecule has 1 aromatic carbocycles. The average molecular weight is 404 g/mol. The maximum absolute atomic E-state index is 12.6. The van der Waals surface area contributed by atoms with Crippen molar-refractivity contribution in [2.45, 2.75) is 50.6 Å². The number of hydrogen-bond acceptors (Lipinski definition) is 4. The zero-order valence-corrected chi connectivity index (χ0v) is 17.0. The van der Waals surface area contributed by atoms with Gasteiger partial charge in [-0.3, -0.25) is 4.79 Å². The summed E-state index contributed by atoms with van der Waals surface area (Å²) in [5.74, 6) is 1.17. The molecule has 0 spiro atoms. The molecular weight excluding hydrogens is 373 g/mol. The molecule has 1 saturated heterocycles. The van der Waals surface area contributed by atoms with Crippen molar-refractivity contribution < 1.29 is 9.53 Å². The van der Waals surface area contributed by atoms with E-state index < -0.39 is 0 Å². The Bertz CT molecular complexity index is 573. The Labute approximate surface area is 168 Å². The van der Waals surface area contributed by atoms with E-state index in [-0.39, 0.29) is 48.7 Å². The van der Waals surface area contributed by atoms with Gasteiger partial charge in [0.05, 0.1) is 7.11 Å². The van der Waals surface area contributed by atoms with Crippen LogP contribution in [0.5, 0.6) is 5.75 Å². The highest BCUT2D eigenvalue weighted by atomic mass is 35.5. The molecule has 0 aromatic heterocycles. The van der Waals surface area contributed by atoms with E-state index in [4.69, 9.17) is 10.5 Å². The van der Waals surface area contributed by atoms with Gasteiger partial charge in [-0.2, -0.15) is 0 Å². The van der Waals surface area contributed by atoms with Gasteiger partial charge in [-0.1, -0.05) is 12.5 Å². The van der Waals surface area contributed by atoms with Crippen molar-refractivity contribution in [2.24, 2.45) is 11.7 Å². The number of anilines is 1. The van der Waals surface area contributed by atoms with Gasteiger partial charge in [0.1, 0.15) is 5.75 Å². The van der Waals surface area contributed by atoms with E-state index in [9.17, 15) is 4.79 Å². The Morgan fingerprint density at radius 2 is 2.04 bits per heavy atom. The monoisotopic (exact) mass is 403 g/mol. The van der Waals surface area contributed by atoms with Crippen LogP contribution in [0.2, 0.25) is 0 Å². The first-order valence-electron chi connectivity index (χ1n) is 9.10. The molecule has 0 bridgehead atoms. The van der Waals surface area contributed by atoms with Crippen LogP contribution >= 0.6 is 24.8 Å². The molecule has 3 atom stereocenters. The molecule has 3 N–H and O–H groups in total. The van der Waals surface area contributed by atoms with Crippen LogP contribution in [0, 0.1) is 5.92 Å². The number of nitrogens with zero attached hydrogens (tertiary/aromatic N) is 1. The van der Waals surface area contributed by atoms with Gasteiger partial charge < -0.3 is 20.7 Å². The Hall–Kier alpha value is -1.17. The number of hydrogen-bond donors (Lipinski definition) is 2. The van der Waals surface area contributed by atoms with E-state index in [0.29, 0.717) is 0 Å². The third-order valence-corrected chi connectivity index (χ3v) is 5.27. The topological polar surface area (TPSA) is 67.6 Å². The molecule has 1 aliphatic heterocycles. The third kappa shape index (κ3) is 5.93. The number of halogens is 2. The second-order valence-corrected chi connectivity index (χ2v) is 7.12. The minimum atomic E-state index is 0. The minimum Gasteiger partial charge on any atom is -0.497 e. The summed E-state index contributed by atoms with van der Waals surface area (Å²) in [7, 11) is 1.69. The quantitative estimate of drug-likeness (QED) is 0.809. The summed E-state index contributed by atoms with van der Waals surface area (Å²) in [6.45, 7) is 1.88. The molecule has 1 saturated carbocycles. The molecular formula is C19H31Cl2N3O2. The average Bonchev–Trinajstić information content (AvgIpc) is 2.62. The fourth-order valence-electron chi connectivity index (χ4n) is 3.92. The van der Waals surface area contributed by atoms with E-state index in [1.165, 1.54) is 0 Å². The van der Waals surface area contributed by atoms with Crippen LogP contribution < -0.4 is 20.7 Å². The summed E-state index contributed by atoms with van der Waals surface area (Å²) >= 11 is 0. The number of rotatable bonds is 4. The van der Waals surface area contributed by atoms with Crippen molar-refractivity contribution in [3.05, 3.63) is 24.3 Å². The predicted molar refractivity (Wildman–Crippen MR) is 111 cm³/mol. The maximum atomic E-state index is 12.6. The molecule has 3 unspecified atom stereocenters. The molecule has 7 heteroatoms. The first-order chi connectivity index (χ1) is 11.7. The zero-order valence-electron chi connectivity index (χ0n) is 15.4. The van der Waals surface area contributed by atoms with E-state index >= 15 is 0 Å². The molecule has 5 nitrogen and oxygen atoms in total. The lowest BCUT2D eigenvalue weighted by Crippen LogP contribution is -2.50. The van der Waals surface area contributed by atoms with Crippen LogP contribution in [-0.4, -0.2) is 38.2 Å². The van der Waals surface area contributed by atoms with Crippen molar-refractivity contribution in [1.82, 2.24) is 5.32 Å². The van der Waals surface area contributed by atoms with Crippen molar-refractivity contribution in [3.8, 4) is 5.75 Å². The summed E-state index contributed by atoms with van der Waals surface area (Å²) in [4.78, 5) is 14.9. The molecule has 26 heavy (non-hydrogen) atoms. The van der Waals surface area contributed by atoms with Crippen LogP contribution in [0.4, 0.5) is 5.69 Å². The molecule has 1 amide bonds. The van der Waals surface area contributed by atoms with Gasteiger partial charge in [0.15, 0.2) is 0 Å². The van der Waals surface area contributed by atoms with Crippen molar-refractivity contribution in [3.63, 3.8) is 0 Å². The van der Waals surface area contributed by atoms with Crippen molar-refractivity contribution >= 4 is 36.4 Å². The normalized spacial score (nSPS) is 25.5. The molecule has 1 aromatic rings. The van der Waals surface area contributed by atoms with Crippen LogP contribution in [0.1, 0.15) is 38.5 Å². The molecule has 0 radical (unpaired) electrons. The van der Waals surface area contributed by atoms with Gasteiger partial charge in [-0.25, -0.2) is 0 Å². The number of benzene rings is 1. The molecule has 2 fully saturated rings. The standard InChI is InChI=1S/C19H29N3O2.2ClH/c1-24-18-9-3-8-17(12-18)22-10-4-7-16(13-22)21-19(23)14-5-2-6-15(20)11-14;;/h3,8-9,12,14-16H,2,4-7,10-11,13,20H2,1H3,(H,21,23);2*1H. The van der Waals surface area contributed by atoms with Gasteiger partial charge in [-0.05, 0) is 44.2 Å². The summed E-state index contributed by atoms with van der Waals surface area (Å²) in [6.07, 6.45) is 6.07. The predicted octanol–water partition coefficient (Wildman–Crippen LogP) is 3.14. The SMILES string of the molecule is COc1cccc(N2CCCC(NC(=O)C3CCCC(N)C3)C2)c1.Cl.Cl. The number of carbonyl (C=O) groups excluding carboxylic acids is 1. The van der Waals surface area contributed by atoms with E-state index in [2.05, 4.69) is 22.3 Å². The smallest absolute Gasteiger partial charge is 0.223 e. The molecule has 1 heterocycles. The Morgan fingerprint density at radius 3 is 2.77 bits per heavy atom. The van der Waals surface area contributed by atoms with Crippen LogP contribution in [-0.2, 0) is 4.79 Å². The highest BCUT2D eigenvalue weighted by Crippen LogP contribution is 2.26. The summed E-state index contributed by atoms with van der Waals surface area (Å²) in [6, 6.07) is 8.54. The van der Waals surface area contributed by atoms with Crippen LogP contribution in [0.15, 0.2) is 24.3 Å². The number of nitrogens with two attached hydrogens (primary N) is 1. The number of piperidine rings is 1. The second-order valence-electron chi connectivity index (χ2n) is 7.12. The lowest BCUT2D eigenvalue weighted by molar-refractivity contribution is -0.126. The fraction of sp³-hybridized carbons (Fsp3) is 0.632. The molecule has 1 aliphatic carbocycles. The molecule has 3 rings (SSSR count). The van der Waals surface area contributed by atoms with Gasteiger partial charge >= 0.3 is 0 Å². The zero-order chi connectivity index (χ0) is 16.9. The lowest BCUT2D eigenvalue weighted by atomic mass is 9.85. The summed E-state index contributed by atoms with van der Waals surface area (Å²) in [5.41, 5.74) is 7.18. The van der Waals surface area contributed by atoms with E-state index in [1.807, 2.05) is 12.1 Å². The van der Waals surface area contributed by atoms with Crippen LogP contribution in [0.25, 0.3) is 0 Å². The van der Waals surface area contributed by atoms with Gasteiger partial charge in [0, 0.05) is 42.8 Å². The Balaban J connectivity index is 0.00000169. The number of ether oxygens (including phenoxy) is 1. The first-order valence-corrected chi connectivity index (χ1v) is 9.10. The largest absolute Gasteiger partial charge is 0.497 e.